The van der Waals surface area contributed by atoms with E-state index >= 15 is 0 Å². The quantitative estimate of drug-likeness (QED) is 0.799. The lowest BCUT2D eigenvalue weighted by Gasteiger charge is -2.24. The second kappa shape index (κ2) is 6.05. The summed E-state index contributed by atoms with van der Waals surface area (Å²) in [4.78, 5) is 23.8. The number of aryl methyl sites for hydroxylation is 1. The minimum absolute atomic E-state index is 0.0278. The molecule has 0 unspecified atom stereocenters. The molecule has 0 aliphatic heterocycles. The van der Waals surface area contributed by atoms with E-state index in [2.05, 4.69) is 0 Å². The first-order valence-corrected chi connectivity index (χ1v) is 5.83. The van der Waals surface area contributed by atoms with Crippen molar-refractivity contribution in [3.8, 4) is 0 Å². The van der Waals surface area contributed by atoms with E-state index in [0.717, 1.165) is 5.56 Å². The fraction of sp³-hybridized carbons (Fsp3) is 0.385. The number of hydrogen-bond donors (Lipinski definition) is 2. The first kappa shape index (κ1) is 14.0. The Kier molecular flexibility index (Phi) is 4.71. The fourth-order valence-electron chi connectivity index (χ4n) is 1.79. The summed E-state index contributed by atoms with van der Waals surface area (Å²) in [6.07, 6.45) is 0.0278. The molecule has 3 N–H and O–H groups in total. The highest BCUT2D eigenvalue weighted by Gasteiger charge is 2.14. The summed E-state index contributed by atoms with van der Waals surface area (Å²) >= 11 is 0. The van der Waals surface area contributed by atoms with E-state index in [4.69, 9.17) is 10.8 Å². The van der Waals surface area contributed by atoms with Gasteiger partial charge in [0, 0.05) is 18.8 Å². The number of nitrogens with zero attached hydrogens (tertiary/aromatic N) is 1. The second-order valence-corrected chi connectivity index (χ2v) is 4.11. The number of amides is 1. The monoisotopic (exact) mass is 250 g/mol. The molecule has 1 amide bonds. The number of aliphatic carboxylic acids is 1. The average Bonchev–Trinajstić information content (AvgIpc) is 2.29. The van der Waals surface area contributed by atoms with Crippen LogP contribution in [0.2, 0.25) is 0 Å². The topological polar surface area (TPSA) is 83.6 Å². The van der Waals surface area contributed by atoms with Crippen molar-refractivity contribution >= 4 is 17.6 Å². The lowest BCUT2D eigenvalue weighted by atomic mass is 10.1. The van der Waals surface area contributed by atoms with Gasteiger partial charge in [-0.3, -0.25) is 9.59 Å². The van der Waals surface area contributed by atoms with Crippen LogP contribution in [0.1, 0.15) is 29.3 Å². The molecule has 0 fully saturated rings. The van der Waals surface area contributed by atoms with Gasteiger partial charge in [0.15, 0.2) is 0 Å². The number of carbonyl (C=O) groups is 2. The van der Waals surface area contributed by atoms with Crippen LogP contribution in [0, 0.1) is 6.92 Å². The smallest absolute Gasteiger partial charge is 0.305 e. The summed E-state index contributed by atoms with van der Waals surface area (Å²) in [7, 11) is 0. The van der Waals surface area contributed by atoms with E-state index < -0.39 is 11.9 Å². The van der Waals surface area contributed by atoms with E-state index in [1.165, 1.54) is 0 Å². The molecule has 0 aromatic heterocycles. The summed E-state index contributed by atoms with van der Waals surface area (Å²) < 4.78 is 0. The van der Waals surface area contributed by atoms with Crippen LogP contribution in [0.4, 0.5) is 5.69 Å². The average molecular weight is 250 g/mol. The summed E-state index contributed by atoms with van der Waals surface area (Å²) in [5.41, 5.74) is 7.46. The van der Waals surface area contributed by atoms with E-state index in [-0.39, 0.29) is 6.42 Å². The number of rotatable bonds is 6. The molecule has 0 radical (unpaired) electrons. The van der Waals surface area contributed by atoms with Gasteiger partial charge in [-0.2, -0.15) is 0 Å². The maximum atomic E-state index is 11.4. The summed E-state index contributed by atoms with van der Waals surface area (Å²) in [6.45, 7) is 4.81. The lowest BCUT2D eigenvalue weighted by Crippen LogP contribution is -2.28. The van der Waals surface area contributed by atoms with Crippen LogP contribution in [0.3, 0.4) is 0 Å². The SMILES string of the molecule is CCN(CCC(=O)O)c1cc(C)ccc1C(N)=O. The van der Waals surface area contributed by atoms with Crippen LogP contribution < -0.4 is 10.6 Å². The van der Waals surface area contributed by atoms with Gasteiger partial charge in [0.05, 0.1) is 12.0 Å². The molecule has 0 atom stereocenters. The normalized spacial score (nSPS) is 10.1. The molecule has 5 nitrogen and oxygen atoms in total. The number of anilines is 1. The van der Waals surface area contributed by atoms with Crippen molar-refractivity contribution < 1.29 is 14.7 Å². The van der Waals surface area contributed by atoms with Gasteiger partial charge < -0.3 is 15.7 Å². The van der Waals surface area contributed by atoms with Crippen molar-refractivity contribution in [2.45, 2.75) is 20.3 Å². The molecule has 0 saturated carbocycles. The Morgan fingerprint density at radius 1 is 1.39 bits per heavy atom. The van der Waals surface area contributed by atoms with Gasteiger partial charge in [0.1, 0.15) is 0 Å². The van der Waals surface area contributed by atoms with Crippen molar-refractivity contribution in [1.82, 2.24) is 0 Å². The summed E-state index contributed by atoms with van der Waals surface area (Å²) in [5.74, 6) is -1.36. The molecule has 0 heterocycles. The zero-order valence-electron chi connectivity index (χ0n) is 10.6. The van der Waals surface area contributed by atoms with Crippen LogP contribution in [-0.4, -0.2) is 30.1 Å². The third kappa shape index (κ3) is 3.48. The highest BCUT2D eigenvalue weighted by Crippen LogP contribution is 2.22. The predicted molar refractivity (Wildman–Crippen MR) is 69.8 cm³/mol. The summed E-state index contributed by atoms with van der Waals surface area (Å²) in [5, 5.41) is 8.72. The van der Waals surface area contributed by atoms with Crippen LogP contribution in [0.15, 0.2) is 18.2 Å². The van der Waals surface area contributed by atoms with Gasteiger partial charge >= 0.3 is 5.97 Å². The molecule has 5 heteroatoms. The lowest BCUT2D eigenvalue weighted by molar-refractivity contribution is -0.136. The minimum Gasteiger partial charge on any atom is -0.481 e. The third-order valence-electron chi connectivity index (χ3n) is 2.74. The van der Waals surface area contributed by atoms with Gasteiger partial charge in [-0.05, 0) is 31.5 Å². The molecular formula is C13H18N2O3. The van der Waals surface area contributed by atoms with E-state index in [1.807, 2.05) is 30.9 Å². The molecule has 18 heavy (non-hydrogen) atoms. The Bertz CT molecular complexity index is 458. The number of carboxylic acids is 1. The zero-order chi connectivity index (χ0) is 13.7. The van der Waals surface area contributed by atoms with Crippen LogP contribution in [0.5, 0.6) is 0 Å². The molecule has 1 aromatic carbocycles. The first-order valence-electron chi connectivity index (χ1n) is 5.83. The Hall–Kier alpha value is -2.04. The maximum Gasteiger partial charge on any atom is 0.305 e. The van der Waals surface area contributed by atoms with Crippen LogP contribution >= 0.6 is 0 Å². The third-order valence-corrected chi connectivity index (χ3v) is 2.74. The minimum atomic E-state index is -0.860. The van der Waals surface area contributed by atoms with Gasteiger partial charge in [0.25, 0.3) is 5.91 Å². The molecule has 0 bridgehead atoms. The van der Waals surface area contributed by atoms with Crippen molar-refractivity contribution in [3.05, 3.63) is 29.3 Å². The maximum absolute atomic E-state index is 11.4. The number of primary amides is 1. The summed E-state index contributed by atoms with van der Waals surface area (Å²) in [6, 6.07) is 5.34. The van der Waals surface area contributed by atoms with Crippen molar-refractivity contribution in [1.29, 1.82) is 0 Å². The molecule has 1 aromatic rings. The molecule has 0 saturated heterocycles. The zero-order valence-corrected chi connectivity index (χ0v) is 10.6. The number of carboxylic acid groups (broad SMARTS) is 1. The standard InChI is InChI=1S/C13H18N2O3/c1-3-15(7-6-12(16)17)11-8-9(2)4-5-10(11)13(14)18/h4-5,8H,3,6-7H2,1-2H3,(H2,14,18)(H,16,17). The Morgan fingerprint density at radius 3 is 2.56 bits per heavy atom. The van der Waals surface area contributed by atoms with E-state index in [1.54, 1.807) is 6.07 Å². The van der Waals surface area contributed by atoms with Gasteiger partial charge in [-0.15, -0.1) is 0 Å². The molecule has 98 valence electrons. The van der Waals surface area contributed by atoms with Gasteiger partial charge in [-0.25, -0.2) is 0 Å². The largest absolute Gasteiger partial charge is 0.481 e. The van der Waals surface area contributed by atoms with E-state index in [0.29, 0.717) is 24.3 Å². The molecule has 0 aliphatic carbocycles. The highest BCUT2D eigenvalue weighted by molar-refractivity contribution is 5.98. The molecule has 0 spiro atoms. The first-order chi connectivity index (χ1) is 8.45. The molecule has 1 rings (SSSR count). The van der Waals surface area contributed by atoms with Gasteiger partial charge in [0.2, 0.25) is 0 Å². The van der Waals surface area contributed by atoms with Crippen molar-refractivity contribution in [2.24, 2.45) is 5.73 Å². The van der Waals surface area contributed by atoms with Crippen LogP contribution in [-0.2, 0) is 4.79 Å². The number of hydrogen-bond acceptors (Lipinski definition) is 3. The number of benzene rings is 1. The Balaban J connectivity index is 3.06. The van der Waals surface area contributed by atoms with Crippen LogP contribution in [0.25, 0.3) is 0 Å². The highest BCUT2D eigenvalue weighted by atomic mass is 16.4. The van der Waals surface area contributed by atoms with Gasteiger partial charge in [-0.1, -0.05) is 6.07 Å². The second-order valence-electron chi connectivity index (χ2n) is 4.11. The number of carbonyl (C=O) groups excluding carboxylic acids is 1. The molecular weight excluding hydrogens is 232 g/mol. The predicted octanol–water partition coefficient (Wildman–Crippen LogP) is 1.39. The van der Waals surface area contributed by atoms with Crippen molar-refractivity contribution in [2.75, 3.05) is 18.0 Å². The Labute approximate surface area is 106 Å². The number of nitrogens with two attached hydrogens (primary N) is 1. The fourth-order valence-corrected chi connectivity index (χ4v) is 1.79. The van der Waals surface area contributed by atoms with Crippen molar-refractivity contribution in [3.63, 3.8) is 0 Å². The molecule has 0 aliphatic rings. The van der Waals surface area contributed by atoms with E-state index in [9.17, 15) is 9.59 Å². The Morgan fingerprint density at radius 2 is 2.06 bits per heavy atom.